The highest BCUT2D eigenvalue weighted by atomic mass is 32.2. The molecule has 2 rings (SSSR count). The van der Waals surface area contributed by atoms with E-state index in [2.05, 4.69) is 5.32 Å². The minimum atomic E-state index is -3.61. The van der Waals surface area contributed by atoms with Crippen molar-refractivity contribution < 1.29 is 18.0 Å². The molecular formula is C26H37N3O4S. The molecule has 0 aromatic heterocycles. The Labute approximate surface area is 204 Å². The van der Waals surface area contributed by atoms with Crippen LogP contribution in [0.25, 0.3) is 0 Å². The molecular weight excluding hydrogens is 450 g/mol. The summed E-state index contributed by atoms with van der Waals surface area (Å²) in [5.41, 5.74) is 2.07. The third-order valence-electron chi connectivity index (χ3n) is 5.72. The highest BCUT2D eigenvalue weighted by Gasteiger charge is 2.28. The van der Waals surface area contributed by atoms with E-state index in [9.17, 15) is 18.0 Å². The second-order valence-electron chi connectivity index (χ2n) is 8.47. The number of benzene rings is 2. The smallest absolute Gasteiger partial charge is 0.242 e. The fourth-order valence-electron chi connectivity index (χ4n) is 3.66. The number of hydrogen-bond donors (Lipinski definition) is 1. The Bertz CT molecular complexity index is 1020. The number of sulfonamides is 1. The van der Waals surface area contributed by atoms with Gasteiger partial charge >= 0.3 is 0 Å². The molecule has 0 aliphatic carbocycles. The second-order valence-corrected chi connectivity index (χ2v) is 10.5. The summed E-state index contributed by atoms with van der Waals surface area (Å²) in [7, 11) is -2.09. The zero-order chi connectivity index (χ0) is 25.1. The average molecular weight is 488 g/mol. The molecule has 0 spiro atoms. The van der Waals surface area contributed by atoms with Gasteiger partial charge < -0.3 is 10.2 Å². The van der Waals surface area contributed by atoms with Crippen molar-refractivity contribution in [2.45, 2.75) is 63.9 Å². The van der Waals surface area contributed by atoms with E-state index in [1.54, 1.807) is 35.2 Å². The molecule has 8 heteroatoms. The minimum Gasteiger partial charge on any atom is -0.354 e. The quantitative estimate of drug-likeness (QED) is 0.466. The SMILES string of the molecule is CCCNC(=O)[C@H](CC)N(Cc1ccc(C)cc1)C(=O)CCCN(C)S(=O)(=O)c1ccccc1. The standard InChI is InChI=1S/C26H37N3O4S/c1-5-18-27-26(31)24(6-2)29(20-22-16-14-21(3)15-17-22)25(30)13-10-19-28(4)34(32,33)23-11-8-7-9-12-23/h7-9,11-12,14-17,24H,5-6,10,13,18-20H2,1-4H3,(H,27,31)/t24-/m0/s1. The summed E-state index contributed by atoms with van der Waals surface area (Å²) in [5, 5.41) is 2.91. The van der Waals surface area contributed by atoms with Gasteiger partial charge in [0, 0.05) is 33.1 Å². The van der Waals surface area contributed by atoms with Crippen molar-refractivity contribution >= 4 is 21.8 Å². The van der Waals surface area contributed by atoms with E-state index in [0.29, 0.717) is 25.9 Å². The lowest BCUT2D eigenvalue weighted by Crippen LogP contribution is -2.49. The van der Waals surface area contributed by atoms with Gasteiger partial charge in [-0.1, -0.05) is 61.9 Å². The Balaban J connectivity index is 2.10. The van der Waals surface area contributed by atoms with Crippen LogP contribution in [0.5, 0.6) is 0 Å². The molecule has 0 fully saturated rings. The molecule has 186 valence electrons. The van der Waals surface area contributed by atoms with Gasteiger partial charge in [-0.15, -0.1) is 0 Å². The van der Waals surface area contributed by atoms with Crippen LogP contribution in [0.1, 0.15) is 50.7 Å². The van der Waals surface area contributed by atoms with E-state index < -0.39 is 16.1 Å². The normalized spacial score (nSPS) is 12.4. The molecule has 0 bridgehead atoms. The lowest BCUT2D eigenvalue weighted by molar-refractivity contribution is -0.141. The first-order valence-electron chi connectivity index (χ1n) is 11.8. The Kier molecular flexibility index (Phi) is 10.7. The van der Waals surface area contributed by atoms with Gasteiger partial charge in [0.2, 0.25) is 21.8 Å². The maximum Gasteiger partial charge on any atom is 0.242 e. The summed E-state index contributed by atoms with van der Waals surface area (Å²) < 4.78 is 26.7. The number of hydrogen-bond acceptors (Lipinski definition) is 4. The maximum absolute atomic E-state index is 13.3. The lowest BCUT2D eigenvalue weighted by Gasteiger charge is -2.31. The Hall–Kier alpha value is -2.71. The van der Waals surface area contributed by atoms with Gasteiger partial charge in [0.25, 0.3) is 0 Å². The van der Waals surface area contributed by atoms with Gasteiger partial charge in [-0.2, -0.15) is 0 Å². The molecule has 2 amide bonds. The van der Waals surface area contributed by atoms with Gasteiger partial charge in [0.1, 0.15) is 6.04 Å². The van der Waals surface area contributed by atoms with E-state index in [1.165, 1.54) is 11.4 Å². The molecule has 0 radical (unpaired) electrons. The third-order valence-corrected chi connectivity index (χ3v) is 7.59. The van der Waals surface area contributed by atoms with E-state index in [4.69, 9.17) is 0 Å². The van der Waals surface area contributed by atoms with Gasteiger partial charge in [0.05, 0.1) is 4.90 Å². The molecule has 2 aromatic carbocycles. The van der Waals surface area contributed by atoms with Crippen LogP contribution in [0.2, 0.25) is 0 Å². The highest BCUT2D eigenvalue weighted by molar-refractivity contribution is 7.89. The monoisotopic (exact) mass is 487 g/mol. The van der Waals surface area contributed by atoms with Crippen LogP contribution >= 0.6 is 0 Å². The highest BCUT2D eigenvalue weighted by Crippen LogP contribution is 2.17. The van der Waals surface area contributed by atoms with Gasteiger partial charge in [-0.3, -0.25) is 9.59 Å². The maximum atomic E-state index is 13.3. The molecule has 34 heavy (non-hydrogen) atoms. The van der Waals surface area contributed by atoms with E-state index in [0.717, 1.165) is 17.5 Å². The topological polar surface area (TPSA) is 86.8 Å². The van der Waals surface area contributed by atoms with Crippen LogP contribution in [-0.4, -0.2) is 55.6 Å². The molecule has 0 saturated carbocycles. The van der Waals surface area contributed by atoms with Crippen LogP contribution in [0.4, 0.5) is 0 Å². The zero-order valence-corrected chi connectivity index (χ0v) is 21.5. The van der Waals surface area contributed by atoms with Crippen LogP contribution in [0, 0.1) is 6.92 Å². The fourth-order valence-corrected chi connectivity index (χ4v) is 4.90. The van der Waals surface area contributed by atoms with Crippen molar-refractivity contribution in [2.75, 3.05) is 20.1 Å². The van der Waals surface area contributed by atoms with Crippen molar-refractivity contribution in [1.29, 1.82) is 0 Å². The first-order chi connectivity index (χ1) is 16.2. The molecule has 7 nitrogen and oxygen atoms in total. The molecule has 2 aromatic rings. The summed E-state index contributed by atoms with van der Waals surface area (Å²) in [6.45, 7) is 6.97. The third kappa shape index (κ3) is 7.67. The Morgan fingerprint density at radius 2 is 1.65 bits per heavy atom. The molecule has 0 unspecified atom stereocenters. The van der Waals surface area contributed by atoms with Gasteiger partial charge in [-0.25, -0.2) is 12.7 Å². The summed E-state index contributed by atoms with van der Waals surface area (Å²) in [6.07, 6.45) is 1.82. The molecule has 0 saturated heterocycles. The zero-order valence-electron chi connectivity index (χ0n) is 20.7. The summed E-state index contributed by atoms with van der Waals surface area (Å²) >= 11 is 0. The summed E-state index contributed by atoms with van der Waals surface area (Å²) in [4.78, 5) is 27.9. The molecule has 0 heterocycles. The van der Waals surface area contributed by atoms with Crippen LogP contribution in [0.3, 0.4) is 0 Å². The molecule has 0 aliphatic heterocycles. The molecule has 0 aliphatic rings. The van der Waals surface area contributed by atoms with Crippen molar-refractivity contribution in [1.82, 2.24) is 14.5 Å². The van der Waals surface area contributed by atoms with Crippen LogP contribution in [0.15, 0.2) is 59.5 Å². The first kappa shape index (κ1) is 27.5. The Morgan fingerprint density at radius 3 is 2.24 bits per heavy atom. The largest absolute Gasteiger partial charge is 0.354 e. The van der Waals surface area contributed by atoms with Crippen LogP contribution < -0.4 is 5.32 Å². The number of rotatable bonds is 13. The van der Waals surface area contributed by atoms with Gasteiger partial charge in [-0.05, 0) is 43.9 Å². The number of amides is 2. The molecule has 1 N–H and O–H groups in total. The Morgan fingerprint density at radius 1 is 1.00 bits per heavy atom. The summed E-state index contributed by atoms with van der Waals surface area (Å²) in [5.74, 6) is -0.321. The van der Waals surface area contributed by atoms with Crippen molar-refractivity contribution in [2.24, 2.45) is 0 Å². The second kappa shape index (κ2) is 13.2. The molecule has 1 atom stereocenters. The number of nitrogens with one attached hydrogen (secondary N) is 1. The van der Waals surface area contributed by atoms with Gasteiger partial charge in [0.15, 0.2) is 0 Å². The number of nitrogens with zero attached hydrogens (tertiary/aromatic N) is 2. The van der Waals surface area contributed by atoms with Crippen LogP contribution in [-0.2, 0) is 26.2 Å². The average Bonchev–Trinajstić information content (AvgIpc) is 2.84. The predicted molar refractivity (Wildman–Crippen MR) is 135 cm³/mol. The van der Waals surface area contributed by atoms with Crippen molar-refractivity contribution in [3.8, 4) is 0 Å². The summed E-state index contributed by atoms with van der Waals surface area (Å²) in [6, 6.07) is 15.6. The van der Waals surface area contributed by atoms with E-state index in [1.807, 2.05) is 45.0 Å². The lowest BCUT2D eigenvalue weighted by atomic mass is 10.1. The number of aryl methyl sites for hydroxylation is 1. The van der Waals surface area contributed by atoms with E-state index in [-0.39, 0.29) is 29.7 Å². The number of carbonyl (C=O) groups is 2. The fraction of sp³-hybridized carbons (Fsp3) is 0.462. The minimum absolute atomic E-state index is 0.151. The predicted octanol–water partition coefficient (Wildman–Crippen LogP) is 3.73. The van der Waals surface area contributed by atoms with E-state index >= 15 is 0 Å². The number of carbonyl (C=O) groups excluding carboxylic acids is 2. The van der Waals surface area contributed by atoms with Crippen molar-refractivity contribution in [3.05, 3.63) is 65.7 Å². The first-order valence-corrected chi connectivity index (χ1v) is 13.3. The van der Waals surface area contributed by atoms with Crippen molar-refractivity contribution in [3.63, 3.8) is 0 Å².